The van der Waals surface area contributed by atoms with Gasteiger partial charge in [-0.25, -0.2) is 5.01 Å². The van der Waals surface area contributed by atoms with E-state index in [9.17, 15) is 0 Å². The van der Waals surface area contributed by atoms with Crippen molar-refractivity contribution in [2.24, 2.45) is 10.7 Å². The summed E-state index contributed by atoms with van der Waals surface area (Å²) in [4.78, 5) is 3.88. The molecule has 60 valence electrons. The molecule has 1 aliphatic rings. The van der Waals surface area contributed by atoms with Crippen molar-refractivity contribution in [3.8, 4) is 0 Å². The molecule has 0 bridgehead atoms. The van der Waals surface area contributed by atoms with Gasteiger partial charge in [-0.05, 0) is 12.2 Å². The van der Waals surface area contributed by atoms with Crippen LogP contribution in [0, 0.1) is 0 Å². The number of guanidine groups is 1. The van der Waals surface area contributed by atoms with Crippen LogP contribution in [0.3, 0.4) is 0 Å². The van der Waals surface area contributed by atoms with Crippen LogP contribution in [0.25, 0.3) is 0 Å². The van der Waals surface area contributed by atoms with Crippen molar-refractivity contribution in [1.82, 2.24) is 15.6 Å². The maximum atomic E-state index is 5.51. The summed E-state index contributed by atoms with van der Waals surface area (Å²) >= 11 is 4.55. The number of nitrogens with zero attached hydrogens (tertiary/aromatic N) is 3. The fourth-order valence-electron chi connectivity index (χ4n) is 0.695. The number of nitrogens with two attached hydrogens (primary N) is 1. The van der Waals surface area contributed by atoms with Gasteiger partial charge >= 0.3 is 0 Å². The first kappa shape index (κ1) is 8.00. The maximum absolute atomic E-state index is 5.51. The van der Waals surface area contributed by atoms with E-state index < -0.39 is 0 Å². The first-order chi connectivity index (χ1) is 5.15. The van der Waals surface area contributed by atoms with Crippen LogP contribution in [-0.2, 0) is 0 Å². The number of hydrogen-bond donors (Lipinski definition) is 2. The first-order valence-corrected chi connectivity index (χ1v) is 3.39. The van der Waals surface area contributed by atoms with Crippen molar-refractivity contribution < 1.29 is 0 Å². The van der Waals surface area contributed by atoms with E-state index in [0.29, 0.717) is 11.8 Å². The summed E-state index contributed by atoms with van der Waals surface area (Å²) in [6.45, 7) is 0. The molecule has 0 aromatic rings. The van der Waals surface area contributed by atoms with E-state index in [1.165, 1.54) is 0 Å². The minimum atomic E-state index is 0.363. The van der Waals surface area contributed by atoms with E-state index in [1.54, 1.807) is 10.1 Å². The zero-order valence-electron chi connectivity index (χ0n) is 6.33. The lowest BCUT2D eigenvalue weighted by Gasteiger charge is -2.23. The maximum Gasteiger partial charge on any atom is 0.233 e. The average molecular weight is 171 g/mol. The Morgan fingerprint density at radius 3 is 2.64 bits per heavy atom. The molecule has 0 atom stereocenters. The van der Waals surface area contributed by atoms with Gasteiger partial charge in [0.15, 0.2) is 0 Å². The van der Waals surface area contributed by atoms with Crippen molar-refractivity contribution in [2.45, 2.75) is 0 Å². The molecule has 0 fully saturated rings. The third-order valence-corrected chi connectivity index (χ3v) is 1.35. The molecule has 6 heteroatoms. The molecule has 0 saturated carbocycles. The number of thiocarbonyl (C=S) groups is 1. The van der Waals surface area contributed by atoms with E-state index >= 15 is 0 Å². The number of hydrogen-bond acceptors (Lipinski definition) is 6. The molecular weight excluding hydrogens is 162 g/mol. The second-order valence-corrected chi connectivity index (χ2v) is 2.40. The van der Waals surface area contributed by atoms with E-state index in [4.69, 9.17) is 5.73 Å². The number of aliphatic imine (C=N–C) groups is 1. The molecule has 0 amide bonds. The van der Waals surface area contributed by atoms with Gasteiger partial charge in [0.2, 0.25) is 11.8 Å². The standard InChI is InChI=1S/C5H9N5S/c1-9(2)10-5(6)7-4(3-11)8-10/h8H,1-2H3,(H2,6,7). The van der Waals surface area contributed by atoms with Crippen LogP contribution in [0.15, 0.2) is 10.8 Å². The second-order valence-electron chi connectivity index (χ2n) is 2.19. The number of hydrazine groups is 2. The lowest BCUT2D eigenvalue weighted by Crippen LogP contribution is -2.49. The molecule has 5 nitrogen and oxygen atoms in total. The van der Waals surface area contributed by atoms with Crippen molar-refractivity contribution >= 4 is 23.2 Å². The molecule has 0 spiro atoms. The molecule has 0 aliphatic carbocycles. The molecule has 0 unspecified atom stereocenters. The van der Waals surface area contributed by atoms with E-state index in [1.807, 2.05) is 14.1 Å². The number of rotatable bonds is 1. The van der Waals surface area contributed by atoms with Gasteiger partial charge in [0.1, 0.15) is 0 Å². The van der Waals surface area contributed by atoms with Crippen LogP contribution in [0.5, 0.6) is 0 Å². The zero-order chi connectivity index (χ0) is 8.43. The minimum absolute atomic E-state index is 0.363. The fraction of sp³-hybridized carbons (Fsp3) is 0.400. The highest BCUT2D eigenvalue weighted by Crippen LogP contribution is 2.00. The van der Waals surface area contributed by atoms with Crippen LogP contribution in [0.4, 0.5) is 0 Å². The predicted octanol–water partition coefficient (Wildman–Crippen LogP) is -0.962. The monoisotopic (exact) mass is 171 g/mol. The van der Waals surface area contributed by atoms with E-state index in [-0.39, 0.29) is 0 Å². The van der Waals surface area contributed by atoms with Gasteiger partial charge in [-0.15, -0.1) is 0 Å². The summed E-state index contributed by atoms with van der Waals surface area (Å²) < 4.78 is 0. The molecule has 1 heterocycles. The highest BCUT2D eigenvalue weighted by Gasteiger charge is 2.18. The molecule has 1 rings (SSSR count). The Bertz CT molecular complexity index is 239. The summed E-state index contributed by atoms with van der Waals surface area (Å²) in [5, 5.41) is 5.74. The average Bonchev–Trinajstić information content (AvgIpc) is 2.30. The quantitative estimate of drug-likeness (QED) is 0.498. The van der Waals surface area contributed by atoms with Gasteiger partial charge in [-0.3, -0.25) is 5.43 Å². The summed E-state index contributed by atoms with van der Waals surface area (Å²) in [6.07, 6.45) is 0. The zero-order valence-corrected chi connectivity index (χ0v) is 7.14. The first-order valence-electron chi connectivity index (χ1n) is 2.98. The smallest absolute Gasteiger partial charge is 0.233 e. The number of nitrogens with one attached hydrogen (secondary N) is 1. The summed E-state index contributed by atoms with van der Waals surface area (Å²) in [6, 6.07) is 0. The molecule has 11 heavy (non-hydrogen) atoms. The summed E-state index contributed by atoms with van der Waals surface area (Å²) in [5.74, 6) is 0.827. The van der Waals surface area contributed by atoms with Crippen LogP contribution >= 0.6 is 12.2 Å². The Labute approximate surface area is 70.1 Å². The third kappa shape index (κ3) is 1.48. The predicted molar refractivity (Wildman–Crippen MR) is 46.4 cm³/mol. The minimum Gasteiger partial charge on any atom is -0.367 e. The normalized spacial score (nSPS) is 16.5. The Kier molecular flexibility index (Phi) is 2.09. The molecule has 1 aliphatic heterocycles. The van der Waals surface area contributed by atoms with Gasteiger partial charge in [0.25, 0.3) is 0 Å². The third-order valence-electron chi connectivity index (χ3n) is 1.15. The Balaban J connectivity index is 2.80. The van der Waals surface area contributed by atoms with Crippen LogP contribution in [-0.4, -0.2) is 35.2 Å². The van der Waals surface area contributed by atoms with Crippen molar-refractivity contribution in [2.75, 3.05) is 14.1 Å². The largest absolute Gasteiger partial charge is 0.367 e. The molecule has 0 radical (unpaired) electrons. The lowest BCUT2D eigenvalue weighted by atomic mass is 10.9. The van der Waals surface area contributed by atoms with E-state index in [0.717, 1.165) is 0 Å². The van der Waals surface area contributed by atoms with Gasteiger partial charge in [0, 0.05) is 19.1 Å². The van der Waals surface area contributed by atoms with Gasteiger partial charge in [-0.2, -0.15) is 10.1 Å². The second kappa shape index (κ2) is 2.87. The molecule has 0 saturated heterocycles. The van der Waals surface area contributed by atoms with Gasteiger partial charge in [-0.1, -0.05) is 0 Å². The Morgan fingerprint density at radius 2 is 2.36 bits per heavy atom. The van der Waals surface area contributed by atoms with Crippen LogP contribution in [0.2, 0.25) is 0 Å². The Morgan fingerprint density at radius 1 is 1.73 bits per heavy atom. The van der Waals surface area contributed by atoms with E-state index in [2.05, 4.69) is 27.7 Å². The summed E-state index contributed by atoms with van der Waals surface area (Å²) in [7, 11) is 3.67. The summed E-state index contributed by atoms with van der Waals surface area (Å²) in [5.41, 5.74) is 8.33. The van der Waals surface area contributed by atoms with Crippen molar-refractivity contribution in [1.29, 1.82) is 0 Å². The SMILES string of the molecule is CN(C)N1NC(=C=S)N=C1N. The lowest BCUT2D eigenvalue weighted by molar-refractivity contribution is 0.0765. The molecular formula is C5H9N5S. The van der Waals surface area contributed by atoms with Crippen LogP contribution < -0.4 is 11.2 Å². The van der Waals surface area contributed by atoms with Gasteiger partial charge < -0.3 is 5.73 Å². The van der Waals surface area contributed by atoms with Gasteiger partial charge in [0.05, 0.1) is 0 Å². The Hall–Kier alpha value is -1.10. The fourth-order valence-corrected chi connectivity index (χ4v) is 0.786. The highest BCUT2D eigenvalue weighted by atomic mass is 32.1. The topological polar surface area (TPSA) is 56.9 Å². The van der Waals surface area contributed by atoms with Crippen molar-refractivity contribution in [3.63, 3.8) is 0 Å². The van der Waals surface area contributed by atoms with Crippen molar-refractivity contribution in [3.05, 3.63) is 5.82 Å². The highest BCUT2D eigenvalue weighted by molar-refractivity contribution is 7.78. The molecule has 3 N–H and O–H groups in total. The van der Waals surface area contributed by atoms with Crippen LogP contribution in [0.1, 0.15) is 0 Å². The molecule has 0 aromatic heterocycles. The molecule has 0 aromatic carbocycles.